The van der Waals surface area contributed by atoms with Gasteiger partial charge in [-0.3, -0.25) is 4.79 Å². The van der Waals surface area contributed by atoms with Crippen LogP contribution in [0.4, 0.5) is 0 Å². The molecule has 94 valence electrons. The quantitative estimate of drug-likeness (QED) is 0.423. The predicted molar refractivity (Wildman–Crippen MR) is 70.0 cm³/mol. The maximum absolute atomic E-state index is 10.9. The van der Waals surface area contributed by atoms with E-state index in [0.717, 1.165) is 0 Å². The van der Waals surface area contributed by atoms with Crippen LogP contribution in [0.15, 0.2) is 28.4 Å². The summed E-state index contributed by atoms with van der Waals surface area (Å²) in [6.07, 6.45) is 0. The summed E-state index contributed by atoms with van der Waals surface area (Å²) < 4.78 is 0. The van der Waals surface area contributed by atoms with Crippen molar-refractivity contribution in [2.45, 2.75) is 6.92 Å². The van der Waals surface area contributed by atoms with Gasteiger partial charge in [0.15, 0.2) is 5.17 Å². The van der Waals surface area contributed by atoms with Gasteiger partial charge in [0.1, 0.15) is 11.5 Å². The van der Waals surface area contributed by atoms with Gasteiger partial charge in [0.25, 0.3) is 0 Å². The van der Waals surface area contributed by atoms with Gasteiger partial charge in [-0.2, -0.15) is 5.10 Å². The molecule has 1 amide bonds. The summed E-state index contributed by atoms with van der Waals surface area (Å²) in [7, 11) is 0. The van der Waals surface area contributed by atoms with Crippen molar-refractivity contribution in [2.75, 3.05) is 5.75 Å². The second kappa shape index (κ2) is 5.09. The Hall–Kier alpha value is -2.02. The van der Waals surface area contributed by atoms with E-state index >= 15 is 0 Å². The molecule has 6 nitrogen and oxygen atoms in total. The lowest BCUT2D eigenvalue weighted by Crippen LogP contribution is -2.19. The lowest BCUT2D eigenvalue weighted by atomic mass is 10.1. The molecule has 3 N–H and O–H groups in total. The maximum atomic E-state index is 10.9. The van der Waals surface area contributed by atoms with Crippen LogP contribution >= 0.6 is 11.8 Å². The maximum Gasteiger partial charge on any atom is 0.236 e. The van der Waals surface area contributed by atoms with Gasteiger partial charge in [0, 0.05) is 5.56 Å². The van der Waals surface area contributed by atoms with Crippen molar-refractivity contribution in [1.82, 2.24) is 5.32 Å². The van der Waals surface area contributed by atoms with Crippen molar-refractivity contribution < 1.29 is 15.0 Å². The Kier molecular flexibility index (Phi) is 3.52. The smallest absolute Gasteiger partial charge is 0.236 e. The molecule has 0 aliphatic carbocycles. The Morgan fingerprint density at radius 1 is 1.44 bits per heavy atom. The summed E-state index contributed by atoms with van der Waals surface area (Å²) in [5, 5.41) is 29.7. The summed E-state index contributed by atoms with van der Waals surface area (Å²) in [4.78, 5) is 10.9. The molecule has 2 rings (SSSR count). The van der Waals surface area contributed by atoms with Crippen LogP contribution in [-0.2, 0) is 4.79 Å². The van der Waals surface area contributed by atoms with Crippen molar-refractivity contribution in [3.63, 3.8) is 0 Å². The van der Waals surface area contributed by atoms with E-state index in [1.165, 1.54) is 30.0 Å². The molecule has 0 spiro atoms. The van der Waals surface area contributed by atoms with E-state index < -0.39 is 0 Å². The normalized spacial score (nSPS) is 18.2. The van der Waals surface area contributed by atoms with E-state index in [4.69, 9.17) is 0 Å². The Bertz CT molecular complexity index is 554. The van der Waals surface area contributed by atoms with Crippen molar-refractivity contribution in [3.8, 4) is 11.5 Å². The summed E-state index contributed by atoms with van der Waals surface area (Å²) in [6, 6.07) is 4.16. The third-order valence-electron chi connectivity index (χ3n) is 2.25. The number of benzene rings is 1. The minimum absolute atomic E-state index is 0.0114. The van der Waals surface area contributed by atoms with Crippen LogP contribution in [0.1, 0.15) is 12.5 Å². The molecule has 1 aliphatic rings. The SMILES string of the molecule is C/C(=N/N=C1/NC(=O)CS1)c1cc(O)ccc1O. The zero-order chi connectivity index (χ0) is 13.1. The average molecular weight is 265 g/mol. The molecule has 0 radical (unpaired) electrons. The van der Waals surface area contributed by atoms with Gasteiger partial charge in [-0.05, 0) is 25.1 Å². The number of hydrogen-bond donors (Lipinski definition) is 3. The molecular weight excluding hydrogens is 254 g/mol. The average Bonchev–Trinajstić information content (AvgIpc) is 2.75. The number of aromatic hydroxyl groups is 2. The molecule has 1 heterocycles. The zero-order valence-electron chi connectivity index (χ0n) is 9.54. The van der Waals surface area contributed by atoms with E-state index in [0.29, 0.717) is 22.2 Å². The Morgan fingerprint density at radius 2 is 2.22 bits per heavy atom. The number of carbonyl (C=O) groups excluding carboxylic acids is 1. The molecule has 0 saturated carbocycles. The molecule has 1 aliphatic heterocycles. The number of amidine groups is 1. The highest BCUT2D eigenvalue weighted by Crippen LogP contribution is 2.22. The minimum Gasteiger partial charge on any atom is -0.508 e. The molecule has 18 heavy (non-hydrogen) atoms. The fourth-order valence-corrected chi connectivity index (χ4v) is 1.99. The lowest BCUT2D eigenvalue weighted by Gasteiger charge is -2.03. The number of carbonyl (C=O) groups is 1. The zero-order valence-corrected chi connectivity index (χ0v) is 10.4. The van der Waals surface area contributed by atoms with E-state index in [1.807, 2.05) is 0 Å². The van der Waals surface area contributed by atoms with Crippen LogP contribution in [0.5, 0.6) is 11.5 Å². The number of phenols is 2. The largest absolute Gasteiger partial charge is 0.508 e. The number of nitrogens with zero attached hydrogens (tertiary/aromatic N) is 2. The summed E-state index contributed by atoms with van der Waals surface area (Å²) in [6.45, 7) is 1.65. The Morgan fingerprint density at radius 3 is 2.89 bits per heavy atom. The number of rotatable bonds is 2. The van der Waals surface area contributed by atoms with Crippen LogP contribution in [0.25, 0.3) is 0 Å². The highest BCUT2D eigenvalue weighted by Gasteiger charge is 2.16. The first-order valence-corrected chi connectivity index (χ1v) is 6.12. The molecule has 0 unspecified atom stereocenters. The molecule has 1 aromatic carbocycles. The second-order valence-corrected chi connectivity index (χ2v) is 4.59. The first-order chi connectivity index (χ1) is 8.56. The van der Waals surface area contributed by atoms with E-state index in [1.54, 1.807) is 6.92 Å². The fourth-order valence-electron chi connectivity index (χ4n) is 1.37. The topological polar surface area (TPSA) is 94.3 Å². The van der Waals surface area contributed by atoms with Crippen molar-refractivity contribution in [2.24, 2.45) is 10.2 Å². The summed E-state index contributed by atoms with van der Waals surface area (Å²) in [5.74, 6) is 0.280. The number of hydrogen-bond acceptors (Lipinski definition) is 6. The lowest BCUT2D eigenvalue weighted by molar-refractivity contribution is -0.116. The van der Waals surface area contributed by atoms with Gasteiger partial charge < -0.3 is 15.5 Å². The third kappa shape index (κ3) is 2.80. The Labute approximate surface area is 107 Å². The van der Waals surface area contributed by atoms with Crippen LogP contribution in [0, 0.1) is 0 Å². The number of amides is 1. The van der Waals surface area contributed by atoms with Gasteiger partial charge in [-0.1, -0.05) is 11.8 Å². The van der Waals surface area contributed by atoms with E-state index in [9.17, 15) is 15.0 Å². The van der Waals surface area contributed by atoms with Crippen molar-refractivity contribution in [1.29, 1.82) is 0 Å². The third-order valence-corrected chi connectivity index (χ3v) is 3.11. The molecule has 1 saturated heterocycles. The summed E-state index contributed by atoms with van der Waals surface area (Å²) in [5.41, 5.74) is 0.839. The number of phenolic OH excluding ortho intramolecular Hbond substituents is 2. The molecule has 7 heteroatoms. The van der Waals surface area contributed by atoms with Crippen LogP contribution < -0.4 is 5.32 Å². The molecule has 1 fully saturated rings. The highest BCUT2D eigenvalue weighted by molar-refractivity contribution is 8.15. The van der Waals surface area contributed by atoms with Gasteiger partial charge >= 0.3 is 0 Å². The van der Waals surface area contributed by atoms with Crippen molar-refractivity contribution in [3.05, 3.63) is 23.8 Å². The monoisotopic (exact) mass is 265 g/mol. The molecule has 0 bridgehead atoms. The van der Waals surface area contributed by atoms with Gasteiger partial charge in [0.05, 0.1) is 11.5 Å². The second-order valence-electron chi connectivity index (χ2n) is 3.63. The molecule has 1 aromatic rings. The number of thioether (sulfide) groups is 1. The first-order valence-electron chi connectivity index (χ1n) is 5.13. The van der Waals surface area contributed by atoms with E-state index in [2.05, 4.69) is 15.5 Å². The minimum atomic E-state index is -0.105. The van der Waals surface area contributed by atoms with E-state index in [-0.39, 0.29) is 17.4 Å². The van der Waals surface area contributed by atoms with Gasteiger partial charge in [-0.25, -0.2) is 0 Å². The standard InChI is InChI=1S/C11H11N3O3S/c1-6(8-4-7(15)2-3-9(8)16)13-14-11-12-10(17)5-18-11/h2-4,15-16H,5H2,1H3,(H,12,14,17)/b13-6-. The highest BCUT2D eigenvalue weighted by atomic mass is 32.2. The Balaban J connectivity index is 2.23. The van der Waals surface area contributed by atoms with Crippen molar-refractivity contribution >= 4 is 28.5 Å². The summed E-state index contributed by atoms with van der Waals surface area (Å²) >= 11 is 1.27. The molecule has 0 atom stereocenters. The molecule has 0 aromatic heterocycles. The fraction of sp³-hybridized carbons (Fsp3) is 0.182. The molecular formula is C11H11N3O3S. The first kappa shape index (κ1) is 12.4. The van der Waals surface area contributed by atoms with Gasteiger partial charge in [0.2, 0.25) is 5.91 Å². The number of nitrogens with one attached hydrogen (secondary N) is 1. The predicted octanol–water partition coefficient (Wildman–Crippen LogP) is 1.04. The van der Waals surface area contributed by atoms with Gasteiger partial charge in [-0.15, -0.1) is 5.10 Å². The van der Waals surface area contributed by atoms with Crippen LogP contribution in [0.2, 0.25) is 0 Å². The van der Waals surface area contributed by atoms with Crippen LogP contribution in [-0.4, -0.2) is 32.8 Å². The van der Waals surface area contributed by atoms with Crippen LogP contribution in [0.3, 0.4) is 0 Å².